The predicted octanol–water partition coefficient (Wildman–Crippen LogP) is 13.7. The summed E-state index contributed by atoms with van der Waals surface area (Å²) in [6, 6.07) is 0. The van der Waals surface area contributed by atoms with Crippen LogP contribution in [0.3, 0.4) is 0 Å². The minimum atomic E-state index is 0. The molecule has 232 valence electrons. The van der Waals surface area contributed by atoms with Crippen LogP contribution in [0.5, 0.6) is 0 Å². The van der Waals surface area contributed by atoms with Gasteiger partial charge in [0, 0.05) is 5.54 Å². The van der Waals surface area contributed by atoms with Crippen LogP contribution < -0.4 is 5.73 Å². The maximum absolute atomic E-state index is 7.38. The van der Waals surface area contributed by atoms with E-state index in [2.05, 4.69) is 27.7 Å². The fourth-order valence-electron chi connectivity index (χ4n) is 6.42. The van der Waals surface area contributed by atoms with Crippen LogP contribution in [0.2, 0.25) is 0 Å². The average molecular weight is 650 g/mol. The zero-order valence-corrected chi connectivity index (χ0v) is 29.6. The summed E-state index contributed by atoms with van der Waals surface area (Å²) in [6.45, 7) is 9.30. The second-order valence-electron chi connectivity index (χ2n) is 12.8. The highest BCUT2D eigenvalue weighted by atomic mass is 127. The van der Waals surface area contributed by atoms with Crippen LogP contribution in [0.1, 0.15) is 220 Å². The number of nitrogens with two attached hydrogens (primary N) is 1. The lowest BCUT2D eigenvalue weighted by Gasteiger charge is -2.39. The Kier molecular flexibility index (Phi) is 34.6. The SMILES string of the molecule is CCCCCCCCCCCCCCCCC(CCCCCC)C(N)(CCCCCC)CCCCCC.I. The van der Waals surface area contributed by atoms with Crippen LogP contribution in [0.15, 0.2) is 0 Å². The van der Waals surface area contributed by atoms with Crippen molar-refractivity contribution in [2.24, 2.45) is 11.7 Å². The van der Waals surface area contributed by atoms with Crippen LogP contribution in [-0.4, -0.2) is 5.54 Å². The average Bonchev–Trinajstić information content (AvgIpc) is 2.90. The van der Waals surface area contributed by atoms with Gasteiger partial charge in [-0.3, -0.25) is 0 Å². The van der Waals surface area contributed by atoms with Crippen LogP contribution >= 0.6 is 24.0 Å². The molecule has 0 aromatic heterocycles. The molecule has 0 aromatic carbocycles. The molecule has 0 rings (SSSR count). The van der Waals surface area contributed by atoms with E-state index in [-0.39, 0.29) is 29.5 Å². The monoisotopic (exact) mass is 650 g/mol. The molecule has 0 aliphatic carbocycles. The van der Waals surface area contributed by atoms with Crippen molar-refractivity contribution >= 4 is 24.0 Å². The minimum Gasteiger partial charge on any atom is -0.325 e. The number of unbranched alkanes of at least 4 members (excludes halogenated alkanes) is 22. The van der Waals surface area contributed by atoms with E-state index in [1.807, 2.05) is 0 Å². The molecule has 0 amide bonds. The Balaban J connectivity index is 0. The Morgan fingerprint density at radius 2 is 0.605 bits per heavy atom. The summed E-state index contributed by atoms with van der Waals surface area (Å²) in [4.78, 5) is 0. The van der Waals surface area contributed by atoms with Gasteiger partial charge in [-0.05, 0) is 31.6 Å². The van der Waals surface area contributed by atoms with Gasteiger partial charge in [0.15, 0.2) is 0 Å². The maximum Gasteiger partial charge on any atom is 0.0182 e. The Morgan fingerprint density at radius 1 is 0.368 bits per heavy atom. The van der Waals surface area contributed by atoms with Crippen LogP contribution in [-0.2, 0) is 0 Å². The Labute approximate surface area is 260 Å². The van der Waals surface area contributed by atoms with Gasteiger partial charge in [0.25, 0.3) is 0 Å². The molecule has 0 saturated heterocycles. The second-order valence-corrected chi connectivity index (χ2v) is 12.8. The largest absolute Gasteiger partial charge is 0.325 e. The first-order chi connectivity index (χ1) is 18.1. The summed E-state index contributed by atoms with van der Waals surface area (Å²) >= 11 is 0. The van der Waals surface area contributed by atoms with Crippen LogP contribution in [0, 0.1) is 5.92 Å². The predicted molar refractivity (Wildman–Crippen MR) is 187 cm³/mol. The number of rotatable bonds is 31. The topological polar surface area (TPSA) is 26.0 Å². The lowest BCUT2D eigenvalue weighted by molar-refractivity contribution is 0.190. The molecule has 1 atom stereocenters. The van der Waals surface area contributed by atoms with Gasteiger partial charge in [0.05, 0.1) is 0 Å². The van der Waals surface area contributed by atoms with E-state index in [9.17, 15) is 0 Å². The van der Waals surface area contributed by atoms with Crippen molar-refractivity contribution in [2.45, 2.75) is 226 Å². The van der Waals surface area contributed by atoms with Gasteiger partial charge in [-0.15, -0.1) is 24.0 Å². The van der Waals surface area contributed by atoms with Crippen LogP contribution in [0.4, 0.5) is 0 Å². The highest BCUT2D eigenvalue weighted by Gasteiger charge is 2.33. The van der Waals surface area contributed by atoms with Crippen molar-refractivity contribution in [1.29, 1.82) is 0 Å². The highest BCUT2D eigenvalue weighted by molar-refractivity contribution is 14.0. The zero-order chi connectivity index (χ0) is 27.3. The minimum absolute atomic E-state index is 0. The molecular formula is C36H76IN. The number of hydrogen-bond acceptors (Lipinski definition) is 1. The molecule has 2 heteroatoms. The van der Waals surface area contributed by atoms with Crippen molar-refractivity contribution in [3.63, 3.8) is 0 Å². The molecule has 2 N–H and O–H groups in total. The van der Waals surface area contributed by atoms with Gasteiger partial charge in [0.1, 0.15) is 0 Å². The number of halogens is 1. The number of hydrogen-bond donors (Lipinski definition) is 1. The van der Waals surface area contributed by atoms with Crippen molar-refractivity contribution in [2.75, 3.05) is 0 Å². The van der Waals surface area contributed by atoms with Gasteiger partial charge < -0.3 is 5.73 Å². The zero-order valence-electron chi connectivity index (χ0n) is 27.3. The quantitative estimate of drug-likeness (QED) is 0.0587. The van der Waals surface area contributed by atoms with E-state index in [0.717, 1.165) is 5.92 Å². The molecule has 1 unspecified atom stereocenters. The molecule has 0 aliphatic rings. The Hall–Kier alpha value is 0.690. The lowest BCUT2D eigenvalue weighted by atomic mass is 9.72. The molecule has 0 aliphatic heterocycles. The third-order valence-electron chi connectivity index (χ3n) is 9.12. The van der Waals surface area contributed by atoms with Gasteiger partial charge >= 0.3 is 0 Å². The first-order valence-corrected chi connectivity index (χ1v) is 17.9. The molecular weight excluding hydrogens is 573 g/mol. The van der Waals surface area contributed by atoms with E-state index in [4.69, 9.17) is 5.73 Å². The summed E-state index contributed by atoms with van der Waals surface area (Å²) in [7, 11) is 0. The normalized spacial score (nSPS) is 12.6. The van der Waals surface area contributed by atoms with E-state index in [1.165, 1.54) is 193 Å². The molecule has 0 heterocycles. The summed E-state index contributed by atoms with van der Waals surface area (Å²) in [5.74, 6) is 0.755. The smallest absolute Gasteiger partial charge is 0.0182 e. The van der Waals surface area contributed by atoms with Gasteiger partial charge in [0.2, 0.25) is 0 Å². The van der Waals surface area contributed by atoms with Crippen molar-refractivity contribution in [3.8, 4) is 0 Å². The Bertz CT molecular complexity index is 412. The molecule has 0 radical (unpaired) electrons. The lowest BCUT2D eigenvalue weighted by Crippen LogP contribution is -2.47. The molecule has 0 saturated carbocycles. The fourth-order valence-corrected chi connectivity index (χ4v) is 6.42. The molecule has 0 aromatic rings. The molecule has 0 fully saturated rings. The van der Waals surface area contributed by atoms with Gasteiger partial charge in [-0.2, -0.15) is 0 Å². The maximum atomic E-state index is 7.38. The molecule has 1 nitrogen and oxygen atoms in total. The van der Waals surface area contributed by atoms with Gasteiger partial charge in [-0.1, -0.05) is 195 Å². The molecule has 0 spiro atoms. The van der Waals surface area contributed by atoms with Crippen LogP contribution in [0.25, 0.3) is 0 Å². The highest BCUT2D eigenvalue weighted by Crippen LogP contribution is 2.35. The standard InChI is InChI=1S/C36H75N.HI/c1-5-9-13-17-18-19-20-21-22-23-24-25-26-28-32-35(31-27-14-10-6-2)36(37,33-29-15-11-7-3)34-30-16-12-8-4;/h35H,5-34,37H2,1-4H3;1H. The third kappa shape index (κ3) is 25.6. The summed E-state index contributed by atoms with van der Waals surface area (Å²) in [5.41, 5.74) is 7.48. The second kappa shape index (κ2) is 32.2. The van der Waals surface area contributed by atoms with E-state index in [1.54, 1.807) is 0 Å². The molecule has 38 heavy (non-hydrogen) atoms. The Morgan fingerprint density at radius 3 is 0.921 bits per heavy atom. The fraction of sp³-hybridized carbons (Fsp3) is 1.00. The van der Waals surface area contributed by atoms with Crippen molar-refractivity contribution in [1.82, 2.24) is 0 Å². The van der Waals surface area contributed by atoms with E-state index >= 15 is 0 Å². The first-order valence-electron chi connectivity index (χ1n) is 17.9. The van der Waals surface area contributed by atoms with E-state index in [0.29, 0.717) is 0 Å². The third-order valence-corrected chi connectivity index (χ3v) is 9.12. The van der Waals surface area contributed by atoms with Crippen molar-refractivity contribution in [3.05, 3.63) is 0 Å². The molecule has 0 bridgehead atoms. The summed E-state index contributed by atoms with van der Waals surface area (Å²) < 4.78 is 0. The van der Waals surface area contributed by atoms with Crippen molar-refractivity contribution < 1.29 is 0 Å². The first kappa shape index (κ1) is 40.8. The van der Waals surface area contributed by atoms with Gasteiger partial charge in [-0.25, -0.2) is 0 Å². The van der Waals surface area contributed by atoms with E-state index < -0.39 is 0 Å². The summed E-state index contributed by atoms with van der Waals surface area (Å²) in [5, 5.41) is 0. The summed E-state index contributed by atoms with van der Waals surface area (Å²) in [6.07, 6.45) is 42.1.